The van der Waals surface area contributed by atoms with Gasteiger partial charge in [0, 0.05) is 18.4 Å². The fourth-order valence-corrected chi connectivity index (χ4v) is 2.12. The summed E-state index contributed by atoms with van der Waals surface area (Å²) in [4.78, 5) is 4.62. The SMILES string of the molecule is COc1cccc(-n2nc(C3CC3)nc2CCN)c1. The lowest BCUT2D eigenvalue weighted by atomic mass is 10.3. The topological polar surface area (TPSA) is 66.0 Å². The Morgan fingerprint density at radius 2 is 2.26 bits per heavy atom. The third kappa shape index (κ3) is 2.46. The van der Waals surface area contributed by atoms with Gasteiger partial charge in [0.1, 0.15) is 11.6 Å². The van der Waals surface area contributed by atoms with Crippen molar-refractivity contribution in [3.63, 3.8) is 0 Å². The van der Waals surface area contributed by atoms with Gasteiger partial charge in [-0.05, 0) is 31.5 Å². The summed E-state index contributed by atoms with van der Waals surface area (Å²) >= 11 is 0. The molecule has 1 fully saturated rings. The summed E-state index contributed by atoms with van der Waals surface area (Å²) in [5.74, 6) is 3.24. The van der Waals surface area contributed by atoms with E-state index in [0.29, 0.717) is 12.5 Å². The smallest absolute Gasteiger partial charge is 0.154 e. The van der Waals surface area contributed by atoms with Gasteiger partial charge < -0.3 is 10.5 Å². The molecule has 100 valence electrons. The van der Waals surface area contributed by atoms with Crippen LogP contribution in [0.5, 0.6) is 5.75 Å². The summed E-state index contributed by atoms with van der Waals surface area (Å²) < 4.78 is 7.15. The van der Waals surface area contributed by atoms with Crippen molar-refractivity contribution >= 4 is 0 Å². The highest BCUT2D eigenvalue weighted by Crippen LogP contribution is 2.38. The van der Waals surface area contributed by atoms with Crippen LogP contribution in [0.2, 0.25) is 0 Å². The highest BCUT2D eigenvalue weighted by Gasteiger charge is 2.29. The van der Waals surface area contributed by atoms with Crippen LogP contribution in [0.1, 0.15) is 30.4 Å². The first kappa shape index (κ1) is 12.2. The number of methoxy groups -OCH3 is 1. The molecule has 1 saturated carbocycles. The first-order valence-corrected chi connectivity index (χ1v) is 6.62. The van der Waals surface area contributed by atoms with E-state index in [2.05, 4.69) is 10.1 Å². The van der Waals surface area contributed by atoms with E-state index in [0.717, 1.165) is 29.5 Å². The number of aromatic nitrogens is 3. The van der Waals surface area contributed by atoms with Crippen molar-refractivity contribution in [3.8, 4) is 11.4 Å². The average Bonchev–Trinajstić information content (AvgIpc) is 3.21. The minimum atomic E-state index is 0.545. The first-order chi connectivity index (χ1) is 9.31. The number of benzene rings is 1. The third-order valence-corrected chi connectivity index (χ3v) is 3.30. The van der Waals surface area contributed by atoms with Crippen molar-refractivity contribution in [1.82, 2.24) is 14.8 Å². The van der Waals surface area contributed by atoms with Gasteiger partial charge in [0.15, 0.2) is 5.82 Å². The Labute approximate surface area is 112 Å². The fourth-order valence-electron chi connectivity index (χ4n) is 2.12. The molecule has 1 aliphatic rings. The Morgan fingerprint density at radius 3 is 2.95 bits per heavy atom. The van der Waals surface area contributed by atoms with E-state index in [-0.39, 0.29) is 0 Å². The van der Waals surface area contributed by atoms with Crippen LogP contribution in [0.25, 0.3) is 5.69 Å². The first-order valence-electron chi connectivity index (χ1n) is 6.62. The zero-order chi connectivity index (χ0) is 13.2. The molecule has 0 bridgehead atoms. The molecule has 1 heterocycles. The normalized spacial score (nSPS) is 14.6. The second-order valence-corrected chi connectivity index (χ2v) is 4.81. The summed E-state index contributed by atoms with van der Waals surface area (Å²) in [6.07, 6.45) is 3.13. The molecule has 1 aromatic carbocycles. The molecule has 0 radical (unpaired) electrons. The van der Waals surface area contributed by atoms with Crippen molar-refractivity contribution in [2.24, 2.45) is 5.73 Å². The van der Waals surface area contributed by atoms with Gasteiger partial charge in [0.25, 0.3) is 0 Å². The third-order valence-electron chi connectivity index (χ3n) is 3.30. The van der Waals surface area contributed by atoms with Gasteiger partial charge in [0.2, 0.25) is 0 Å². The highest BCUT2D eigenvalue weighted by atomic mass is 16.5. The molecular weight excluding hydrogens is 240 g/mol. The Kier molecular flexibility index (Phi) is 3.21. The lowest BCUT2D eigenvalue weighted by Gasteiger charge is -2.06. The van der Waals surface area contributed by atoms with Gasteiger partial charge in [-0.2, -0.15) is 5.10 Å². The molecule has 1 aliphatic carbocycles. The van der Waals surface area contributed by atoms with Crippen molar-refractivity contribution in [2.45, 2.75) is 25.2 Å². The van der Waals surface area contributed by atoms with E-state index in [1.165, 1.54) is 12.8 Å². The van der Waals surface area contributed by atoms with E-state index in [9.17, 15) is 0 Å². The van der Waals surface area contributed by atoms with Gasteiger partial charge in [-0.25, -0.2) is 9.67 Å². The van der Waals surface area contributed by atoms with E-state index in [1.807, 2.05) is 28.9 Å². The molecule has 3 rings (SSSR count). The van der Waals surface area contributed by atoms with Crippen LogP contribution < -0.4 is 10.5 Å². The molecule has 19 heavy (non-hydrogen) atoms. The number of rotatable bonds is 5. The molecule has 0 unspecified atom stereocenters. The van der Waals surface area contributed by atoms with Crippen molar-refractivity contribution in [3.05, 3.63) is 35.9 Å². The predicted octanol–water partition coefficient (Wildman–Crippen LogP) is 1.65. The summed E-state index contributed by atoms with van der Waals surface area (Å²) in [5.41, 5.74) is 6.63. The van der Waals surface area contributed by atoms with Crippen LogP contribution >= 0.6 is 0 Å². The van der Waals surface area contributed by atoms with Crippen LogP contribution in [-0.4, -0.2) is 28.4 Å². The van der Waals surface area contributed by atoms with Crippen LogP contribution in [0.4, 0.5) is 0 Å². The number of hydrogen-bond acceptors (Lipinski definition) is 4. The van der Waals surface area contributed by atoms with Crippen LogP contribution in [0.15, 0.2) is 24.3 Å². The second-order valence-electron chi connectivity index (χ2n) is 4.81. The Balaban J connectivity index is 2.00. The van der Waals surface area contributed by atoms with Crippen LogP contribution in [-0.2, 0) is 6.42 Å². The Hall–Kier alpha value is -1.88. The van der Waals surface area contributed by atoms with Gasteiger partial charge in [0.05, 0.1) is 12.8 Å². The standard InChI is InChI=1S/C14H18N4O/c1-19-12-4-2-3-11(9-12)18-13(7-8-15)16-14(17-18)10-5-6-10/h2-4,9-10H,5-8,15H2,1H3. The maximum atomic E-state index is 5.66. The molecule has 5 heteroatoms. The average molecular weight is 258 g/mol. The lowest BCUT2D eigenvalue weighted by Crippen LogP contribution is -2.09. The number of hydrogen-bond donors (Lipinski definition) is 1. The highest BCUT2D eigenvalue weighted by molar-refractivity contribution is 5.39. The fraction of sp³-hybridized carbons (Fsp3) is 0.429. The van der Waals surface area contributed by atoms with E-state index < -0.39 is 0 Å². The zero-order valence-corrected chi connectivity index (χ0v) is 11.0. The number of nitrogens with zero attached hydrogens (tertiary/aromatic N) is 3. The monoisotopic (exact) mass is 258 g/mol. The summed E-state index contributed by atoms with van der Waals surface area (Å²) in [6, 6.07) is 7.85. The van der Waals surface area contributed by atoms with Crippen molar-refractivity contribution in [2.75, 3.05) is 13.7 Å². The summed E-state index contributed by atoms with van der Waals surface area (Å²) in [7, 11) is 1.66. The van der Waals surface area contributed by atoms with Gasteiger partial charge in [-0.15, -0.1) is 0 Å². The van der Waals surface area contributed by atoms with E-state index in [4.69, 9.17) is 10.5 Å². The zero-order valence-electron chi connectivity index (χ0n) is 11.0. The van der Waals surface area contributed by atoms with Gasteiger partial charge in [-0.3, -0.25) is 0 Å². The van der Waals surface area contributed by atoms with E-state index >= 15 is 0 Å². The molecule has 0 saturated heterocycles. The molecular formula is C14H18N4O. The maximum absolute atomic E-state index is 5.66. The van der Waals surface area contributed by atoms with Crippen molar-refractivity contribution in [1.29, 1.82) is 0 Å². The lowest BCUT2D eigenvalue weighted by molar-refractivity contribution is 0.414. The maximum Gasteiger partial charge on any atom is 0.154 e. The molecule has 0 atom stereocenters. The number of nitrogens with two attached hydrogens (primary N) is 1. The molecule has 2 aromatic rings. The largest absolute Gasteiger partial charge is 0.497 e. The number of ether oxygens (including phenoxy) is 1. The van der Waals surface area contributed by atoms with Gasteiger partial charge in [-0.1, -0.05) is 6.07 Å². The van der Waals surface area contributed by atoms with Crippen molar-refractivity contribution < 1.29 is 4.74 Å². The minimum Gasteiger partial charge on any atom is -0.497 e. The second kappa shape index (κ2) is 5.01. The molecule has 0 amide bonds. The summed E-state index contributed by atoms with van der Waals surface area (Å²) in [5, 5.41) is 4.63. The predicted molar refractivity (Wildman–Crippen MR) is 72.6 cm³/mol. The molecule has 2 N–H and O–H groups in total. The van der Waals surface area contributed by atoms with Crippen LogP contribution in [0.3, 0.4) is 0 Å². The molecule has 1 aromatic heterocycles. The molecule has 5 nitrogen and oxygen atoms in total. The van der Waals surface area contributed by atoms with Crippen LogP contribution in [0, 0.1) is 0 Å². The quantitative estimate of drug-likeness (QED) is 0.885. The summed E-state index contributed by atoms with van der Waals surface area (Å²) in [6.45, 7) is 0.576. The molecule has 0 aliphatic heterocycles. The van der Waals surface area contributed by atoms with Gasteiger partial charge >= 0.3 is 0 Å². The Bertz CT molecular complexity index is 575. The Morgan fingerprint density at radius 1 is 1.42 bits per heavy atom. The minimum absolute atomic E-state index is 0.545. The molecule has 0 spiro atoms. The van der Waals surface area contributed by atoms with E-state index in [1.54, 1.807) is 7.11 Å².